The Morgan fingerprint density at radius 3 is 2.41 bits per heavy atom. The highest BCUT2D eigenvalue weighted by Gasteiger charge is 2.24. The first-order valence-electron chi connectivity index (χ1n) is 7.47. The topological polar surface area (TPSA) is 15.3 Å². The van der Waals surface area contributed by atoms with Gasteiger partial charge in [0.05, 0.1) is 0 Å². The molecule has 2 rings (SSSR count). The Hall–Kier alpha value is 0.130. The van der Waals surface area contributed by atoms with Gasteiger partial charge in [-0.05, 0) is 37.0 Å². The molecule has 0 bridgehead atoms. The van der Waals surface area contributed by atoms with Crippen LogP contribution in [0.25, 0.3) is 0 Å². The van der Waals surface area contributed by atoms with Gasteiger partial charge in [-0.1, -0.05) is 29.8 Å². The molecule has 1 fully saturated rings. The van der Waals surface area contributed by atoms with E-state index in [-0.39, 0.29) is 36.7 Å². The van der Waals surface area contributed by atoms with Gasteiger partial charge in [0.1, 0.15) is 5.82 Å². The maximum atomic E-state index is 14.2. The molecule has 1 aliphatic heterocycles. The van der Waals surface area contributed by atoms with Crippen LogP contribution < -0.4 is 5.32 Å². The molecule has 128 valence electrons. The van der Waals surface area contributed by atoms with Crippen molar-refractivity contribution >= 4 is 40.7 Å². The zero-order valence-electron chi connectivity index (χ0n) is 13.1. The predicted octanol–water partition coefficient (Wildman–Crippen LogP) is 4.81. The molecule has 1 aromatic carbocycles. The van der Waals surface area contributed by atoms with Gasteiger partial charge >= 0.3 is 0 Å². The molecule has 1 saturated heterocycles. The Morgan fingerprint density at radius 1 is 1.18 bits per heavy atom. The summed E-state index contributed by atoms with van der Waals surface area (Å²) in [7, 11) is 0. The van der Waals surface area contributed by atoms with Crippen molar-refractivity contribution in [3.63, 3.8) is 0 Å². The van der Waals surface area contributed by atoms with Crippen molar-refractivity contribution < 1.29 is 4.39 Å². The second-order valence-corrected chi connectivity index (χ2v) is 6.85. The number of halogens is 4. The van der Waals surface area contributed by atoms with Crippen LogP contribution >= 0.6 is 40.7 Å². The first-order valence-corrected chi connectivity index (χ1v) is 8.27. The fourth-order valence-electron chi connectivity index (χ4n) is 2.79. The minimum absolute atomic E-state index is 0. The summed E-state index contributed by atoms with van der Waals surface area (Å²) in [5, 5.41) is 3.37. The highest BCUT2D eigenvalue weighted by molar-refractivity contribution is 9.10. The summed E-state index contributed by atoms with van der Waals surface area (Å²) < 4.78 is 15.2. The molecule has 0 spiro atoms. The van der Waals surface area contributed by atoms with Gasteiger partial charge in [-0.15, -0.1) is 24.8 Å². The van der Waals surface area contributed by atoms with E-state index in [1.54, 1.807) is 12.1 Å². The molecule has 0 radical (unpaired) electrons. The third-order valence-corrected chi connectivity index (χ3v) is 4.42. The molecule has 1 heterocycles. The van der Waals surface area contributed by atoms with Gasteiger partial charge in [-0.25, -0.2) is 4.39 Å². The fourth-order valence-corrected chi connectivity index (χ4v) is 3.17. The fraction of sp³-hybridized carbons (Fsp3) is 0.625. The first kappa shape index (κ1) is 22.1. The maximum Gasteiger partial charge on any atom is 0.128 e. The number of nitrogens with one attached hydrogen (secondary N) is 1. The van der Waals surface area contributed by atoms with Gasteiger partial charge in [0, 0.05) is 42.3 Å². The van der Waals surface area contributed by atoms with Crippen molar-refractivity contribution in [2.24, 2.45) is 5.92 Å². The summed E-state index contributed by atoms with van der Waals surface area (Å²) in [4.78, 5) is 2.42. The maximum absolute atomic E-state index is 14.2. The Kier molecular flexibility index (Phi) is 10.9. The summed E-state index contributed by atoms with van der Waals surface area (Å²) in [6.45, 7) is 8.43. The zero-order chi connectivity index (χ0) is 14.5. The van der Waals surface area contributed by atoms with Crippen molar-refractivity contribution in [3.8, 4) is 0 Å². The molecular formula is C16H26BrCl2FN2. The van der Waals surface area contributed by atoms with Crippen LogP contribution in [0.5, 0.6) is 0 Å². The number of benzene rings is 1. The second kappa shape index (κ2) is 10.8. The van der Waals surface area contributed by atoms with Crippen molar-refractivity contribution in [2.45, 2.75) is 32.7 Å². The molecule has 6 heteroatoms. The van der Waals surface area contributed by atoms with Crippen LogP contribution in [-0.4, -0.2) is 31.1 Å². The largest absolute Gasteiger partial charge is 0.314 e. The smallest absolute Gasteiger partial charge is 0.128 e. The summed E-state index contributed by atoms with van der Waals surface area (Å²) in [6, 6.07) is 5.49. The molecule has 22 heavy (non-hydrogen) atoms. The minimum Gasteiger partial charge on any atom is -0.314 e. The van der Waals surface area contributed by atoms with Crippen molar-refractivity contribution in [3.05, 3.63) is 34.1 Å². The lowest BCUT2D eigenvalue weighted by Crippen LogP contribution is -2.45. The highest BCUT2D eigenvalue weighted by atomic mass is 79.9. The van der Waals surface area contributed by atoms with Crippen LogP contribution in [0.2, 0.25) is 0 Å². The Bertz CT molecular complexity index is 440. The number of hydrogen-bond acceptors (Lipinski definition) is 2. The standard InChI is InChI=1S/C16H24BrFN2.2ClH/c1-12(2)3-6-16(20-9-7-19-8-10-20)14-11-13(17)4-5-15(14)18;;/h4-5,11-12,16,19H,3,6-10H2,1-2H3;2*1H/t16-;;/m1../s1. The van der Waals surface area contributed by atoms with Crippen molar-refractivity contribution in [1.29, 1.82) is 0 Å². The normalized spacial score (nSPS) is 16.8. The van der Waals surface area contributed by atoms with E-state index in [1.807, 2.05) is 6.07 Å². The second-order valence-electron chi connectivity index (χ2n) is 5.94. The molecule has 0 aromatic heterocycles. The lowest BCUT2D eigenvalue weighted by atomic mass is 9.95. The molecule has 0 aliphatic carbocycles. The summed E-state index contributed by atoms with van der Waals surface area (Å²) in [5.74, 6) is 0.566. The van der Waals surface area contributed by atoms with Crippen LogP contribution in [0, 0.1) is 11.7 Å². The first-order chi connectivity index (χ1) is 9.58. The van der Waals surface area contributed by atoms with E-state index in [1.165, 1.54) is 0 Å². The van der Waals surface area contributed by atoms with E-state index < -0.39 is 0 Å². The molecule has 1 atom stereocenters. The van der Waals surface area contributed by atoms with Gasteiger partial charge in [-0.2, -0.15) is 0 Å². The predicted molar refractivity (Wildman–Crippen MR) is 99.9 cm³/mol. The van der Waals surface area contributed by atoms with Gasteiger partial charge < -0.3 is 5.32 Å². The van der Waals surface area contributed by atoms with Crippen LogP contribution in [0.4, 0.5) is 4.39 Å². The molecule has 1 aromatic rings. The monoisotopic (exact) mass is 414 g/mol. The molecule has 1 N–H and O–H groups in total. The highest BCUT2D eigenvalue weighted by Crippen LogP contribution is 2.31. The average molecular weight is 416 g/mol. The van der Waals surface area contributed by atoms with Crippen LogP contribution in [0.3, 0.4) is 0 Å². The van der Waals surface area contributed by atoms with Gasteiger partial charge in [0.25, 0.3) is 0 Å². The Balaban J connectivity index is 0.00000220. The molecule has 0 unspecified atom stereocenters. The van der Waals surface area contributed by atoms with Crippen LogP contribution in [-0.2, 0) is 0 Å². The average Bonchev–Trinajstić information content (AvgIpc) is 2.43. The SMILES string of the molecule is CC(C)CC[C@H](c1cc(Br)ccc1F)N1CCNCC1.Cl.Cl. The quantitative estimate of drug-likeness (QED) is 0.741. The van der Waals surface area contributed by atoms with Crippen LogP contribution in [0.1, 0.15) is 38.3 Å². The van der Waals surface area contributed by atoms with Gasteiger partial charge in [0.15, 0.2) is 0 Å². The van der Waals surface area contributed by atoms with E-state index in [0.717, 1.165) is 49.1 Å². The number of hydrogen-bond donors (Lipinski definition) is 1. The third-order valence-electron chi connectivity index (χ3n) is 3.93. The molecule has 1 aliphatic rings. The lowest BCUT2D eigenvalue weighted by molar-refractivity contribution is 0.156. The van der Waals surface area contributed by atoms with E-state index >= 15 is 0 Å². The molecular weight excluding hydrogens is 390 g/mol. The van der Waals surface area contributed by atoms with E-state index in [4.69, 9.17) is 0 Å². The van der Waals surface area contributed by atoms with E-state index in [0.29, 0.717) is 5.92 Å². The number of nitrogens with zero attached hydrogens (tertiary/aromatic N) is 1. The summed E-state index contributed by atoms with van der Waals surface area (Å²) in [6.07, 6.45) is 2.14. The van der Waals surface area contributed by atoms with Gasteiger partial charge in [-0.3, -0.25) is 4.90 Å². The van der Waals surface area contributed by atoms with E-state index in [2.05, 4.69) is 40.0 Å². The molecule has 0 amide bonds. The van der Waals surface area contributed by atoms with Crippen LogP contribution in [0.15, 0.2) is 22.7 Å². The third kappa shape index (κ3) is 6.32. The molecule has 0 saturated carbocycles. The zero-order valence-corrected chi connectivity index (χ0v) is 16.4. The lowest BCUT2D eigenvalue weighted by Gasteiger charge is -2.36. The number of rotatable bonds is 5. The van der Waals surface area contributed by atoms with Crippen molar-refractivity contribution in [2.75, 3.05) is 26.2 Å². The van der Waals surface area contributed by atoms with Crippen molar-refractivity contribution in [1.82, 2.24) is 10.2 Å². The van der Waals surface area contributed by atoms with E-state index in [9.17, 15) is 4.39 Å². The Morgan fingerprint density at radius 2 is 1.82 bits per heavy atom. The summed E-state index contributed by atoms with van der Waals surface area (Å²) in [5.41, 5.74) is 0.835. The number of piperazine rings is 1. The minimum atomic E-state index is -0.0829. The summed E-state index contributed by atoms with van der Waals surface area (Å²) >= 11 is 3.47. The molecule has 2 nitrogen and oxygen atoms in total. The Labute approximate surface area is 154 Å². The van der Waals surface area contributed by atoms with Gasteiger partial charge in [0.2, 0.25) is 0 Å².